The van der Waals surface area contributed by atoms with Gasteiger partial charge < -0.3 is 14.4 Å². The molecule has 1 amide bonds. The Balaban J connectivity index is 1.46. The van der Waals surface area contributed by atoms with Gasteiger partial charge in [0.05, 0.1) is 20.8 Å². The first-order chi connectivity index (χ1) is 16.6. The predicted molar refractivity (Wildman–Crippen MR) is 131 cm³/mol. The molecule has 0 radical (unpaired) electrons. The summed E-state index contributed by atoms with van der Waals surface area (Å²) < 4.78 is 24.2. The summed E-state index contributed by atoms with van der Waals surface area (Å²) in [6.45, 7) is 3.66. The lowest BCUT2D eigenvalue weighted by atomic mass is 10.1. The number of benzene rings is 2. The number of nitrogens with zero attached hydrogens (tertiary/aromatic N) is 3. The third-order valence-electron chi connectivity index (χ3n) is 6.01. The maximum absolute atomic E-state index is 13.4. The minimum absolute atomic E-state index is 0.0235. The standard InChI is InChI=1S/C26H30FN3O3S/c1-32-23-10-7-19(15-24(23)33-2)11-14-29(16-20-5-8-21(27)9-6-20)17-25-28-22(18-34-25)26(31)30-12-3-4-13-30/h5-10,15,18H,3-4,11-14,16-17H2,1-2H3. The second-order valence-corrected chi connectivity index (χ2v) is 9.34. The SMILES string of the molecule is COc1ccc(CCN(Cc2ccc(F)cc2)Cc2nc(C(=O)N3CCCC3)cs2)cc1OC. The average molecular weight is 484 g/mol. The first-order valence-corrected chi connectivity index (χ1v) is 12.3. The van der Waals surface area contributed by atoms with E-state index in [1.165, 1.54) is 23.5 Å². The van der Waals surface area contributed by atoms with Crippen LogP contribution in [0.15, 0.2) is 47.8 Å². The van der Waals surface area contributed by atoms with Gasteiger partial charge in [0, 0.05) is 31.6 Å². The zero-order valence-electron chi connectivity index (χ0n) is 19.6. The van der Waals surface area contributed by atoms with E-state index in [1.54, 1.807) is 14.2 Å². The van der Waals surface area contributed by atoms with Gasteiger partial charge in [0.15, 0.2) is 11.5 Å². The van der Waals surface area contributed by atoms with Gasteiger partial charge in [-0.3, -0.25) is 9.69 Å². The second-order valence-electron chi connectivity index (χ2n) is 8.40. The van der Waals surface area contributed by atoms with E-state index in [0.717, 1.165) is 55.0 Å². The quantitative estimate of drug-likeness (QED) is 0.415. The van der Waals surface area contributed by atoms with Crippen LogP contribution in [0.5, 0.6) is 11.5 Å². The van der Waals surface area contributed by atoms with Crippen molar-refractivity contribution in [2.75, 3.05) is 33.9 Å². The lowest BCUT2D eigenvalue weighted by Crippen LogP contribution is -2.28. The Morgan fingerprint density at radius 2 is 1.74 bits per heavy atom. The van der Waals surface area contributed by atoms with Gasteiger partial charge in [-0.15, -0.1) is 11.3 Å². The number of rotatable bonds is 10. The number of amides is 1. The van der Waals surface area contributed by atoms with Gasteiger partial charge in [0.2, 0.25) is 0 Å². The molecular formula is C26H30FN3O3S. The summed E-state index contributed by atoms with van der Waals surface area (Å²) in [5.41, 5.74) is 2.69. The summed E-state index contributed by atoms with van der Waals surface area (Å²) in [5, 5.41) is 2.76. The van der Waals surface area contributed by atoms with Crippen LogP contribution in [0, 0.1) is 5.82 Å². The molecule has 0 bridgehead atoms. The topological polar surface area (TPSA) is 54.9 Å². The molecule has 2 aromatic carbocycles. The molecule has 1 aliphatic heterocycles. The van der Waals surface area contributed by atoms with Crippen LogP contribution in [0.25, 0.3) is 0 Å². The highest BCUT2D eigenvalue weighted by Gasteiger charge is 2.22. The molecule has 180 valence electrons. The molecule has 4 rings (SSSR count). The molecular weight excluding hydrogens is 453 g/mol. The van der Waals surface area contributed by atoms with Crippen molar-refractivity contribution in [3.05, 3.63) is 75.5 Å². The zero-order chi connectivity index (χ0) is 23.9. The number of halogens is 1. The summed E-state index contributed by atoms with van der Waals surface area (Å²) in [6.07, 6.45) is 2.92. The van der Waals surface area contributed by atoms with Crippen LogP contribution in [0.1, 0.15) is 39.5 Å². The van der Waals surface area contributed by atoms with Gasteiger partial charge in [-0.25, -0.2) is 9.37 Å². The predicted octanol–water partition coefficient (Wildman–Crippen LogP) is 4.78. The van der Waals surface area contributed by atoms with Crippen LogP contribution in [-0.4, -0.2) is 54.5 Å². The summed E-state index contributed by atoms with van der Waals surface area (Å²) >= 11 is 1.51. The van der Waals surface area contributed by atoms with Crippen molar-refractivity contribution >= 4 is 17.2 Å². The first kappa shape index (κ1) is 24.2. The summed E-state index contributed by atoms with van der Waals surface area (Å²) in [6, 6.07) is 12.5. The maximum atomic E-state index is 13.4. The van der Waals surface area contributed by atoms with Crippen LogP contribution >= 0.6 is 11.3 Å². The van der Waals surface area contributed by atoms with Gasteiger partial charge in [-0.1, -0.05) is 18.2 Å². The molecule has 0 N–H and O–H groups in total. The van der Waals surface area contributed by atoms with Crippen LogP contribution in [-0.2, 0) is 19.5 Å². The van der Waals surface area contributed by atoms with Crippen molar-refractivity contribution in [1.82, 2.24) is 14.8 Å². The van der Waals surface area contributed by atoms with Crippen molar-refractivity contribution in [3.8, 4) is 11.5 Å². The molecule has 1 aromatic heterocycles. The van der Waals surface area contributed by atoms with Crippen molar-refractivity contribution in [2.24, 2.45) is 0 Å². The Hall–Kier alpha value is -2.97. The van der Waals surface area contributed by atoms with Gasteiger partial charge in [-0.05, 0) is 54.7 Å². The molecule has 1 saturated heterocycles. The van der Waals surface area contributed by atoms with E-state index >= 15 is 0 Å². The van der Waals surface area contributed by atoms with Gasteiger partial charge >= 0.3 is 0 Å². The number of carbonyl (C=O) groups is 1. The normalized spacial score (nSPS) is 13.5. The van der Waals surface area contributed by atoms with Crippen LogP contribution in [0.3, 0.4) is 0 Å². The van der Waals surface area contributed by atoms with Gasteiger partial charge in [0.25, 0.3) is 5.91 Å². The summed E-state index contributed by atoms with van der Waals surface area (Å²) in [5.74, 6) is 1.18. The van der Waals surface area contributed by atoms with Gasteiger partial charge in [-0.2, -0.15) is 0 Å². The van der Waals surface area contributed by atoms with Crippen LogP contribution < -0.4 is 9.47 Å². The fourth-order valence-corrected chi connectivity index (χ4v) is 4.95. The van der Waals surface area contributed by atoms with E-state index in [1.807, 2.05) is 40.6 Å². The molecule has 2 heterocycles. The van der Waals surface area contributed by atoms with E-state index in [4.69, 9.17) is 9.47 Å². The van der Waals surface area contributed by atoms with Crippen molar-refractivity contribution in [2.45, 2.75) is 32.4 Å². The average Bonchev–Trinajstić information content (AvgIpc) is 3.56. The maximum Gasteiger partial charge on any atom is 0.273 e. The Morgan fingerprint density at radius 1 is 1.03 bits per heavy atom. The molecule has 34 heavy (non-hydrogen) atoms. The van der Waals surface area contributed by atoms with E-state index in [-0.39, 0.29) is 11.7 Å². The highest BCUT2D eigenvalue weighted by molar-refractivity contribution is 7.09. The number of hydrogen-bond donors (Lipinski definition) is 0. The van der Waals surface area contributed by atoms with Crippen molar-refractivity contribution in [3.63, 3.8) is 0 Å². The Labute approximate surface area is 203 Å². The summed E-state index contributed by atoms with van der Waals surface area (Å²) in [7, 11) is 3.25. The monoisotopic (exact) mass is 483 g/mol. The highest BCUT2D eigenvalue weighted by Crippen LogP contribution is 2.28. The Kier molecular flexibility index (Phi) is 8.13. The smallest absolute Gasteiger partial charge is 0.273 e. The molecule has 0 spiro atoms. The number of thiazole rings is 1. The second kappa shape index (κ2) is 11.4. The van der Waals surface area contributed by atoms with E-state index in [9.17, 15) is 9.18 Å². The molecule has 3 aromatic rings. The molecule has 1 fully saturated rings. The Bertz CT molecular complexity index is 1100. The fourth-order valence-electron chi connectivity index (χ4n) is 4.14. The number of ether oxygens (including phenoxy) is 2. The minimum atomic E-state index is -0.245. The third-order valence-corrected chi connectivity index (χ3v) is 6.84. The molecule has 6 nitrogen and oxygen atoms in total. The van der Waals surface area contributed by atoms with E-state index in [0.29, 0.717) is 30.3 Å². The van der Waals surface area contributed by atoms with Crippen LogP contribution in [0.4, 0.5) is 4.39 Å². The fraction of sp³-hybridized carbons (Fsp3) is 0.385. The lowest BCUT2D eigenvalue weighted by molar-refractivity contribution is 0.0787. The third kappa shape index (κ3) is 6.12. The number of likely N-dealkylation sites (tertiary alicyclic amines) is 1. The zero-order valence-corrected chi connectivity index (χ0v) is 20.4. The lowest BCUT2D eigenvalue weighted by Gasteiger charge is -2.22. The molecule has 0 aliphatic carbocycles. The highest BCUT2D eigenvalue weighted by atomic mass is 32.1. The molecule has 0 saturated carbocycles. The summed E-state index contributed by atoms with van der Waals surface area (Å²) in [4.78, 5) is 21.5. The van der Waals surface area contributed by atoms with Crippen LogP contribution in [0.2, 0.25) is 0 Å². The minimum Gasteiger partial charge on any atom is -0.493 e. The van der Waals surface area contributed by atoms with Crippen molar-refractivity contribution in [1.29, 1.82) is 0 Å². The molecule has 0 atom stereocenters. The number of hydrogen-bond acceptors (Lipinski definition) is 6. The largest absolute Gasteiger partial charge is 0.493 e. The van der Waals surface area contributed by atoms with E-state index in [2.05, 4.69) is 9.88 Å². The Morgan fingerprint density at radius 3 is 2.44 bits per heavy atom. The van der Waals surface area contributed by atoms with Gasteiger partial charge in [0.1, 0.15) is 16.5 Å². The molecule has 1 aliphatic rings. The van der Waals surface area contributed by atoms with E-state index < -0.39 is 0 Å². The number of methoxy groups -OCH3 is 2. The number of carbonyl (C=O) groups excluding carboxylic acids is 1. The number of aromatic nitrogens is 1. The molecule has 0 unspecified atom stereocenters. The first-order valence-electron chi connectivity index (χ1n) is 11.5. The van der Waals surface area contributed by atoms with Crippen molar-refractivity contribution < 1.29 is 18.7 Å². The molecule has 8 heteroatoms.